The van der Waals surface area contributed by atoms with Crippen molar-refractivity contribution in [3.05, 3.63) is 70.9 Å². The van der Waals surface area contributed by atoms with Crippen LogP contribution >= 0.6 is 0 Å². The monoisotopic (exact) mass is 393 g/mol. The van der Waals surface area contributed by atoms with E-state index in [9.17, 15) is 9.59 Å². The predicted molar refractivity (Wildman–Crippen MR) is 113 cm³/mol. The summed E-state index contributed by atoms with van der Waals surface area (Å²) in [5, 5.41) is 0.897. The molecule has 2 aromatic carbocycles. The molecule has 0 aliphatic heterocycles. The fourth-order valence-corrected chi connectivity index (χ4v) is 3.65. The second-order valence-electron chi connectivity index (χ2n) is 6.89. The van der Waals surface area contributed by atoms with Crippen LogP contribution in [0.25, 0.3) is 10.9 Å². The second kappa shape index (κ2) is 9.41. The largest absolute Gasteiger partial charge is 0.466 e. The first-order valence-electron chi connectivity index (χ1n) is 10.0. The van der Waals surface area contributed by atoms with Gasteiger partial charge in [0.15, 0.2) is 0 Å². The summed E-state index contributed by atoms with van der Waals surface area (Å²) in [5.74, 6) is -0.620. The SMILES string of the molecule is CCOC(=O)Cc1c(C)n(CCc2ccccc2)c2ccc(C(=O)OCC)cc12. The molecule has 5 heteroatoms. The molecule has 1 heterocycles. The second-order valence-corrected chi connectivity index (χ2v) is 6.89. The van der Waals surface area contributed by atoms with Crippen LogP contribution < -0.4 is 0 Å². The summed E-state index contributed by atoms with van der Waals surface area (Å²) in [5.41, 5.74) is 4.67. The van der Waals surface area contributed by atoms with Gasteiger partial charge in [-0.1, -0.05) is 30.3 Å². The van der Waals surface area contributed by atoms with E-state index in [1.165, 1.54) is 5.56 Å². The molecular weight excluding hydrogens is 366 g/mol. The van der Waals surface area contributed by atoms with Gasteiger partial charge in [0, 0.05) is 23.1 Å². The van der Waals surface area contributed by atoms with Crippen LogP contribution in [0.2, 0.25) is 0 Å². The van der Waals surface area contributed by atoms with Crippen molar-refractivity contribution in [1.29, 1.82) is 0 Å². The molecule has 0 aliphatic carbocycles. The van der Waals surface area contributed by atoms with Crippen molar-refractivity contribution in [3.63, 3.8) is 0 Å². The summed E-state index contributed by atoms with van der Waals surface area (Å²) in [7, 11) is 0. The predicted octanol–water partition coefficient (Wildman–Crippen LogP) is 4.47. The number of aryl methyl sites for hydroxylation is 2. The molecule has 3 rings (SSSR count). The van der Waals surface area contributed by atoms with E-state index in [2.05, 4.69) is 16.7 Å². The third kappa shape index (κ3) is 4.67. The van der Waals surface area contributed by atoms with Gasteiger partial charge in [-0.25, -0.2) is 4.79 Å². The molecule has 0 N–H and O–H groups in total. The van der Waals surface area contributed by atoms with Crippen LogP contribution in [0.3, 0.4) is 0 Å². The lowest BCUT2D eigenvalue weighted by Crippen LogP contribution is -2.09. The normalized spacial score (nSPS) is 10.9. The quantitative estimate of drug-likeness (QED) is 0.530. The van der Waals surface area contributed by atoms with Gasteiger partial charge in [0.05, 0.1) is 25.2 Å². The first-order chi connectivity index (χ1) is 14.0. The Morgan fingerprint density at radius 3 is 2.38 bits per heavy atom. The zero-order valence-electron chi connectivity index (χ0n) is 17.2. The van der Waals surface area contributed by atoms with Crippen molar-refractivity contribution < 1.29 is 19.1 Å². The highest BCUT2D eigenvalue weighted by Crippen LogP contribution is 2.28. The van der Waals surface area contributed by atoms with Gasteiger partial charge in [0.25, 0.3) is 0 Å². The van der Waals surface area contributed by atoms with Gasteiger partial charge in [-0.15, -0.1) is 0 Å². The van der Waals surface area contributed by atoms with Crippen LogP contribution in [0, 0.1) is 6.92 Å². The van der Waals surface area contributed by atoms with E-state index >= 15 is 0 Å². The lowest BCUT2D eigenvalue weighted by atomic mass is 10.1. The lowest BCUT2D eigenvalue weighted by Gasteiger charge is -2.09. The van der Waals surface area contributed by atoms with E-state index < -0.39 is 0 Å². The van der Waals surface area contributed by atoms with Crippen LogP contribution in [0.1, 0.15) is 41.0 Å². The van der Waals surface area contributed by atoms with Gasteiger partial charge in [0.1, 0.15) is 0 Å². The molecule has 0 atom stereocenters. The standard InChI is InChI=1S/C24H27NO4/c1-4-28-23(26)16-20-17(3)25(14-13-18-9-7-6-8-10-18)22-12-11-19(15-21(20)22)24(27)29-5-2/h6-12,15H,4-5,13-14,16H2,1-3H3. The summed E-state index contributed by atoms with van der Waals surface area (Å²) < 4.78 is 12.5. The zero-order valence-corrected chi connectivity index (χ0v) is 17.2. The Labute approximate surface area is 171 Å². The maximum Gasteiger partial charge on any atom is 0.338 e. The third-order valence-electron chi connectivity index (χ3n) is 5.06. The number of nitrogens with zero attached hydrogens (tertiary/aromatic N) is 1. The number of hydrogen-bond donors (Lipinski definition) is 0. The molecule has 0 amide bonds. The summed E-state index contributed by atoms with van der Waals surface area (Å²) in [4.78, 5) is 24.4. The minimum atomic E-state index is -0.355. The number of fused-ring (bicyclic) bond motifs is 1. The van der Waals surface area contributed by atoms with E-state index in [1.807, 2.05) is 37.3 Å². The van der Waals surface area contributed by atoms with Crippen molar-refractivity contribution in [2.24, 2.45) is 0 Å². The molecule has 0 radical (unpaired) electrons. The fourth-order valence-electron chi connectivity index (χ4n) is 3.65. The topological polar surface area (TPSA) is 57.5 Å². The number of hydrogen-bond acceptors (Lipinski definition) is 4. The molecule has 0 aliphatic rings. The molecule has 0 fully saturated rings. The van der Waals surface area contributed by atoms with Crippen molar-refractivity contribution in [1.82, 2.24) is 4.57 Å². The van der Waals surface area contributed by atoms with Gasteiger partial charge >= 0.3 is 11.9 Å². The number of rotatable bonds is 8. The van der Waals surface area contributed by atoms with E-state index in [1.54, 1.807) is 19.9 Å². The Balaban J connectivity index is 2.01. The molecule has 1 aromatic heterocycles. The van der Waals surface area contributed by atoms with Crippen molar-refractivity contribution >= 4 is 22.8 Å². The van der Waals surface area contributed by atoms with E-state index in [0.29, 0.717) is 18.8 Å². The summed E-state index contributed by atoms with van der Waals surface area (Å²) >= 11 is 0. The Kier molecular flexibility index (Phi) is 6.70. The number of esters is 2. The summed E-state index contributed by atoms with van der Waals surface area (Å²) in [6, 6.07) is 15.9. The molecule has 0 saturated heterocycles. The maximum atomic E-state index is 12.2. The lowest BCUT2D eigenvalue weighted by molar-refractivity contribution is -0.142. The molecule has 29 heavy (non-hydrogen) atoms. The minimum absolute atomic E-state index is 0.181. The van der Waals surface area contributed by atoms with Crippen LogP contribution in [0.4, 0.5) is 0 Å². The zero-order chi connectivity index (χ0) is 20.8. The molecule has 0 unspecified atom stereocenters. The fraction of sp³-hybridized carbons (Fsp3) is 0.333. The average Bonchev–Trinajstić information content (AvgIpc) is 2.98. The average molecular weight is 393 g/mol. The van der Waals surface area contributed by atoms with Gasteiger partial charge in [-0.2, -0.15) is 0 Å². The van der Waals surface area contributed by atoms with Crippen molar-refractivity contribution in [2.75, 3.05) is 13.2 Å². The van der Waals surface area contributed by atoms with Gasteiger partial charge in [-0.05, 0) is 56.5 Å². The Morgan fingerprint density at radius 2 is 1.69 bits per heavy atom. The van der Waals surface area contributed by atoms with Crippen LogP contribution in [0.5, 0.6) is 0 Å². The smallest absolute Gasteiger partial charge is 0.338 e. The molecule has 0 saturated carbocycles. The van der Waals surface area contributed by atoms with E-state index in [4.69, 9.17) is 9.47 Å². The molecule has 5 nitrogen and oxygen atoms in total. The Hall–Kier alpha value is -3.08. The molecule has 0 spiro atoms. The highest BCUT2D eigenvalue weighted by molar-refractivity contribution is 5.97. The number of carbonyl (C=O) groups excluding carboxylic acids is 2. The maximum absolute atomic E-state index is 12.2. The van der Waals surface area contributed by atoms with Crippen LogP contribution in [-0.2, 0) is 33.7 Å². The summed E-state index contributed by atoms with van der Waals surface area (Å²) in [6.45, 7) is 7.05. The van der Waals surface area contributed by atoms with Crippen molar-refractivity contribution in [3.8, 4) is 0 Å². The highest BCUT2D eigenvalue weighted by Gasteiger charge is 2.19. The first kappa shape index (κ1) is 20.6. The third-order valence-corrected chi connectivity index (χ3v) is 5.06. The summed E-state index contributed by atoms with van der Waals surface area (Å²) in [6.07, 6.45) is 1.06. The molecule has 3 aromatic rings. The number of aromatic nitrogens is 1. The minimum Gasteiger partial charge on any atom is -0.466 e. The van der Waals surface area contributed by atoms with Gasteiger partial charge in [0.2, 0.25) is 0 Å². The van der Waals surface area contributed by atoms with E-state index in [-0.39, 0.29) is 18.4 Å². The molecule has 152 valence electrons. The number of carbonyl (C=O) groups is 2. The molecular formula is C24H27NO4. The Morgan fingerprint density at radius 1 is 0.966 bits per heavy atom. The van der Waals surface area contributed by atoms with Crippen LogP contribution in [-0.4, -0.2) is 29.7 Å². The van der Waals surface area contributed by atoms with Gasteiger partial charge in [-0.3, -0.25) is 4.79 Å². The Bertz CT molecular complexity index is 1000. The highest BCUT2D eigenvalue weighted by atomic mass is 16.5. The van der Waals surface area contributed by atoms with Crippen molar-refractivity contribution in [2.45, 2.75) is 40.2 Å². The van der Waals surface area contributed by atoms with Crippen LogP contribution in [0.15, 0.2) is 48.5 Å². The molecule has 0 bridgehead atoms. The van der Waals surface area contributed by atoms with E-state index in [0.717, 1.165) is 35.1 Å². The number of ether oxygens (including phenoxy) is 2. The van der Waals surface area contributed by atoms with Gasteiger partial charge < -0.3 is 14.0 Å². The number of benzene rings is 2. The first-order valence-corrected chi connectivity index (χ1v) is 10.0.